The first-order chi connectivity index (χ1) is 3.68. The first-order valence-corrected chi connectivity index (χ1v) is 1.94. The molecule has 0 aromatic rings. The predicted octanol–water partition coefficient (Wildman–Crippen LogP) is -1.74. The van der Waals surface area contributed by atoms with Crippen molar-refractivity contribution in [3.63, 3.8) is 0 Å². The van der Waals surface area contributed by atoms with Crippen LogP contribution in [0.25, 0.3) is 0 Å². The van der Waals surface area contributed by atoms with Gasteiger partial charge in [0.05, 0.1) is 0 Å². The second-order valence-electron chi connectivity index (χ2n) is 0.822. The first kappa shape index (κ1) is 23.2. The van der Waals surface area contributed by atoms with Crippen LogP contribution in [0.2, 0.25) is 0 Å². The molecular formula is C4H14N2O4. The molecule has 0 aliphatic heterocycles. The Balaban J connectivity index is -0.0000000326. The Kier molecular flexibility index (Phi) is 57.5. The molecule has 0 radical (unpaired) electrons. The molecule has 0 rings (SSSR count). The molecule has 10 heavy (non-hydrogen) atoms. The van der Waals surface area contributed by atoms with Crippen LogP contribution in [-0.4, -0.2) is 12.4 Å². The molecule has 0 bridgehead atoms. The molecule has 0 aliphatic carbocycles. The second kappa shape index (κ2) is 24.8. The summed E-state index contributed by atoms with van der Waals surface area (Å²) in [5.74, 6) is -0.995. The fraction of sp³-hybridized carbons (Fsp3) is 0.500. The van der Waals surface area contributed by atoms with Gasteiger partial charge in [-0.1, -0.05) is 6.92 Å². The van der Waals surface area contributed by atoms with E-state index >= 15 is 0 Å². The molecule has 0 amide bonds. The fourth-order valence-corrected chi connectivity index (χ4v) is 0. The van der Waals surface area contributed by atoms with Gasteiger partial charge in [-0.15, -0.1) is 0 Å². The summed E-state index contributed by atoms with van der Waals surface area (Å²) in [6, 6.07) is 0. The number of carboxylic acids is 1. The second-order valence-corrected chi connectivity index (χ2v) is 0.822. The van der Waals surface area contributed by atoms with Crippen LogP contribution in [0.4, 0.5) is 0 Å². The summed E-state index contributed by atoms with van der Waals surface area (Å²) in [6.07, 6.45) is 0.111. The smallest absolute Gasteiger partial charge is 0.0411 e. The third kappa shape index (κ3) is 319. The van der Waals surface area contributed by atoms with Gasteiger partial charge in [0.1, 0.15) is 0 Å². The lowest BCUT2D eigenvalue weighted by molar-refractivity contribution is -0.305. The standard InChI is InChI=1S/C3H6O2.CH2O2.2H3N/c1-2-3(4)5;2-1-3;;/h2H2,1H3,(H,4,5);1H,(H,2,3);2*1H3. The number of hydrogen-bond acceptors (Lipinski definition) is 4. The maximum atomic E-state index is 9.26. The summed E-state index contributed by atoms with van der Waals surface area (Å²) in [4.78, 5) is 17.5. The minimum Gasteiger partial charge on any atom is -0.554 e. The molecule has 0 aliphatic rings. The van der Waals surface area contributed by atoms with E-state index in [-0.39, 0.29) is 18.7 Å². The normalized spacial score (nSPS) is 4.90. The van der Waals surface area contributed by atoms with Gasteiger partial charge < -0.3 is 32.1 Å². The van der Waals surface area contributed by atoms with E-state index in [4.69, 9.17) is 9.90 Å². The molecule has 6 nitrogen and oxygen atoms in total. The summed E-state index contributed by atoms with van der Waals surface area (Å²) in [6.45, 7) is 1.04. The average Bonchev–Trinajstić information content (AvgIpc) is 1.69. The Morgan fingerprint density at radius 2 is 1.60 bits per heavy atom. The molecule has 0 unspecified atom stereocenters. The monoisotopic (exact) mass is 154 g/mol. The van der Waals surface area contributed by atoms with Crippen molar-refractivity contribution >= 4 is 12.4 Å². The van der Waals surface area contributed by atoms with Crippen LogP contribution in [0.3, 0.4) is 0 Å². The van der Waals surface area contributed by atoms with E-state index in [0.29, 0.717) is 0 Å². The van der Waals surface area contributed by atoms with Crippen LogP contribution in [0.5, 0.6) is 0 Å². The quantitative estimate of drug-likeness (QED) is 0.430. The van der Waals surface area contributed by atoms with Gasteiger partial charge in [0.2, 0.25) is 0 Å². The van der Waals surface area contributed by atoms with Crippen molar-refractivity contribution in [1.82, 2.24) is 12.3 Å². The molecule has 0 heterocycles. The van der Waals surface area contributed by atoms with E-state index in [1.807, 2.05) is 0 Å². The fourth-order valence-electron chi connectivity index (χ4n) is 0. The van der Waals surface area contributed by atoms with E-state index in [0.717, 1.165) is 0 Å². The van der Waals surface area contributed by atoms with Crippen molar-refractivity contribution in [3.05, 3.63) is 0 Å². The number of rotatable bonds is 1. The summed E-state index contributed by atoms with van der Waals surface area (Å²) in [5, 5.41) is 17.5. The zero-order valence-electron chi connectivity index (χ0n) is 6.42. The highest BCUT2D eigenvalue weighted by molar-refractivity contribution is 5.63. The van der Waals surface area contributed by atoms with E-state index in [9.17, 15) is 9.90 Å². The molecule has 0 aromatic carbocycles. The summed E-state index contributed by atoms with van der Waals surface area (Å²) >= 11 is 0. The largest absolute Gasteiger partial charge is 0.554 e. The predicted molar refractivity (Wildman–Crippen MR) is 33.3 cm³/mol. The lowest BCUT2D eigenvalue weighted by Gasteiger charge is -1.87. The topological polar surface area (TPSA) is 153 Å². The number of aliphatic carboxylic acids is 1. The lowest BCUT2D eigenvalue weighted by Crippen LogP contribution is -2.19. The first-order valence-electron chi connectivity index (χ1n) is 1.94. The Morgan fingerprint density at radius 1 is 1.50 bits per heavy atom. The maximum absolute atomic E-state index is 9.26. The molecule has 0 saturated carbocycles. The Labute approximate surface area is 59.0 Å². The van der Waals surface area contributed by atoms with E-state index in [2.05, 4.69) is 0 Å². The number of carbonyl (C=O) groups is 2. The molecule has 64 valence electrons. The Hall–Kier alpha value is -1.14. The molecule has 0 aromatic heterocycles. The van der Waals surface area contributed by atoms with Crippen molar-refractivity contribution < 1.29 is 19.8 Å². The highest BCUT2D eigenvalue weighted by atomic mass is 16.4. The molecule has 0 atom stereocenters. The molecular weight excluding hydrogens is 140 g/mol. The minimum absolute atomic E-state index is 0. The third-order valence-electron chi connectivity index (χ3n) is 0.289. The van der Waals surface area contributed by atoms with Gasteiger partial charge in [-0.2, -0.15) is 0 Å². The SMILES string of the molecule is CCC(=O)[O-].O=C[O-].[NH4+].[NH4+]. The van der Waals surface area contributed by atoms with Crippen molar-refractivity contribution in [3.8, 4) is 0 Å². The van der Waals surface area contributed by atoms with Crippen molar-refractivity contribution in [2.24, 2.45) is 0 Å². The number of carbonyl (C=O) groups excluding carboxylic acids is 2. The molecule has 6 heteroatoms. The molecule has 0 fully saturated rings. The number of hydrogen-bond donors (Lipinski definition) is 2. The van der Waals surface area contributed by atoms with E-state index < -0.39 is 12.4 Å². The number of carboxylic acid groups (broad SMARTS) is 2. The van der Waals surface area contributed by atoms with Gasteiger partial charge in [-0.25, -0.2) is 0 Å². The summed E-state index contributed by atoms with van der Waals surface area (Å²) < 4.78 is 0. The molecule has 8 N–H and O–H groups in total. The Morgan fingerprint density at radius 3 is 1.60 bits per heavy atom. The minimum atomic E-state index is -0.995. The highest BCUT2D eigenvalue weighted by Crippen LogP contribution is 1.61. The van der Waals surface area contributed by atoms with Crippen molar-refractivity contribution in [2.45, 2.75) is 13.3 Å². The number of quaternary nitrogens is 2. The summed E-state index contributed by atoms with van der Waals surface area (Å²) in [5.41, 5.74) is 0. The van der Waals surface area contributed by atoms with Crippen LogP contribution in [0.1, 0.15) is 13.3 Å². The molecule has 0 spiro atoms. The summed E-state index contributed by atoms with van der Waals surface area (Å²) in [7, 11) is 0. The van der Waals surface area contributed by atoms with Crippen LogP contribution in [0, 0.1) is 0 Å². The van der Waals surface area contributed by atoms with Gasteiger partial charge in [-0.05, 0) is 6.42 Å². The van der Waals surface area contributed by atoms with Gasteiger partial charge >= 0.3 is 0 Å². The van der Waals surface area contributed by atoms with E-state index in [1.165, 1.54) is 6.92 Å². The average molecular weight is 154 g/mol. The lowest BCUT2D eigenvalue weighted by atomic mass is 10.5. The van der Waals surface area contributed by atoms with E-state index in [1.54, 1.807) is 0 Å². The zero-order chi connectivity index (χ0) is 6.99. The van der Waals surface area contributed by atoms with Gasteiger partial charge in [0.25, 0.3) is 0 Å². The van der Waals surface area contributed by atoms with Crippen LogP contribution in [-0.2, 0) is 9.59 Å². The van der Waals surface area contributed by atoms with Crippen molar-refractivity contribution in [1.29, 1.82) is 0 Å². The molecule has 0 saturated heterocycles. The van der Waals surface area contributed by atoms with Gasteiger partial charge in [0.15, 0.2) is 0 Å². The van der Waals surface area contributed by atoms with Crippen LogP contribution < -0.4 is 22.5 Å². The van der Waals surface area contributed by atoms with Crippen molar-refractivity contribution in [2.75, 3.05) is 0 Å². The van der Waals surface area contributed by atoms with Crippen LogP contribution >= 0.6 is 0 Å². The Bertz CT molecular complexity index is 75.7. The maximum Gasteiger partial charge on any atom is 0.0411 e. The highest BCUT2D eigenvalue weighted by Gasteiger charge is 1.65. The third-order valence-corrected chi connectivity index (χ3v) is 0.289. The van der Waals surface area contributed by atoms with Gasteiger partial charge in [0, 0.05) is 12.4 Å². The van der Waals surface area contributed by atoms with Crippen LogP contribution in [0.15, 0.2) is 0 Å². The zero-order valence-corrected chi connectivity index (χ0v) is 6.42. The van der Waals surface area contributed by atoms with Gasteiger partial charge in [-0.3, -0.25) is 0 Å².